The topological polar surface area (TPSA) is 37.8 Å². The fourth-order valence-electron chi connectivity index (χ4n) is 2.92. The molecule has 1 aromatic carbocycles. The van der Waals surface area contributed by atoms with Crippen LogP contribution in [0, 0.1) is 10.5 Å². The lowest BCUT2D eigenvalue weighted by molar-refractivity contribution is 0.589. The second kappa shape index (κ2) is 5.68. The van der Waals surface area contributed by atoms with Gasteiger partial charge in [0.25, 0.3) is 0 Å². The predicted molar refractivity (Wildman–Crippen MR) is 90.3 cm³/mol. The van der Waals surface area contributed by atoms with Gasteiger partial charge < -0.3 is 5.32 Å². The molecular formula is C16H18IN3. The Bertz CT molecular complexity index is 640. The summed E-state index contributed by atoms with van der Waals surface area (Å²) in [7, 11) is 1.92. The molecule has 0 saturated heterocycles. The van der Waals surface area contributed by atoms with Gasteiger partial charge in [0.1, 0.15) is 11.6 Å². The van der Waals surface area contributed by atoms with Crippen LogP contribution >= 0.6 is 22.6 Å². The van der Waals surface area contributed by atoms with Gasteiger partial charge in [0.15, 0.2) is 0 Å². The number of nitrogens with zero attached hydrogens (tertiary/aromatic N) is 2. The average Bonchev–Trinajstić information content (AvgIpc) is 2.49. The Morgan fingerprint density at radius 1 is 1.25 bits per heavy atom. The summed E-state index contributed by atoms with van der Waals surface area (Å²) in [6.45, 7) is 2.06. The van der Waals surface area contributed by atoms with Gasteiger partial charge in [-0.1, -0.05) is 24.3 Å². The van der Waals surface area contributed by atoms with Crippen LogP contribution in [0.3, 0.4) is 0 Å². The van der Waals surface area contributed by atoms with E-state index in [2.05, 4.69) is 59.1 Å². The number of fused-ring (bicyclic) bond motifs is 1. The molecule has 20 heavy (non-hydrogen) atoms. The van der Waals surface area contributed by atoms with Crippen molar-refractivity contribution in [2.75, 3.05) is 12.4 Å². The van der Waals surface area contributed by atoms with E-state index in [1.807, 2.05) is 7.05 Å². The normalized spacial score (nSPS) is 17.6. The lowest BCUT2D eigenvalue weighted by Gasteiger charge is -2.25. The van der Waals surface area contributed by atoms with Crippen molar-refractivity contribution in [3.05, 3.63) is 50.5 Å². The van der Waals surface area contributed by atoms with E-state index in [0.717, 1.165) is 27.3 Å². The Labute approximate surface area is 133 Å². The minimum Gasteiger partial charge on any atom is -0.372 e. The zero-order valence-electron chi connectivity index (χ0n) is 11.8. The maximum absolute atomic E-state index is 4.75. The summed E-state index contributed by atoms with van der Waals surface area (Å²) in [6, 6.07) is 8.71. The number of hydrogen-bond donors (Lipinski definition) is 1. The molecule has 104 valence electrons. The third kappa shape index (κ3) is 2.41. The lowest BCUT2D eigenvalue weighted by atomic mass is 9.82. The highest BCUT2D eigenvalue weighted by molar-refractivity contribution is 14.1. The van der Waals surface area contributed by atoms with Crippen LogP contribution in [-0.2, 0) is 6.42 Å². The molecule has 0 amide bonds. The molecule has 1 heterocycles. The van der Waals surface area contributed by atoms with Gasteiger partial charge >= 0.3 is 0 Å². The highest BCUT2D eigenvalue weighted by atomic mass is 127. The number of hydrogen-bond acceptors (Lipinski definition) is 3. The first-order valence-corrected chi connectivity index (χ1v) is 8.08. The van der Waals surface area contributed by atoms with Gasteiger partial charge in [0.2, 0.25) is 0 Å². The number of aromatic nitrogens is 2. The molecule has 0 spiro atoms. The van der Waals surface area contributed by atoms with Gasteiger partial charge in [-0.15, -0.1) is 0 Å². The highest BCUT2D eigenvalue weighted by Gasteiger charge is 2.24. The van der Waals surface area contributed by atoms with Gasteiger partial charge in [0.05, 0.1) is 9.26 Å². The van der Waals surface area contributed by atoms with Crippen molar-refractivity contribution >= 4 is 28.4 Å². The van der Waals surface area contributed by atoms with Gasteiger partial charge in [-0.05, 0) is 59.9 Å². The number of nitrogens with one attached hydrogen (secondary N) is 1. The third-order valence-electron chi connectivity index (χ3n) is 3.95. The average molecular weight is 379 g/mol. The van der Waals surface area contributed by atoms with Crippen molar-refractivity contribution in [1.29, 1.82) is 0 Å². The molecule has 3 nitrogen and oxygen atoms in total. The highest BCUT2D eigenvalue weighted by Crippen LogP contribution is 2.36. The molecule has 1 N–H and O–H groups in total. The Morgan fingerprint density at radius 3 is 2.85 bits per heavy atom. The third-order valence-corrected chi connectivity index (χ3v) is 5.24. The van der Waals surface area contributed by atoms with E-state index in [1.165, 1.54) is 24.0 Å². The molecule has 0 fully saturated rings. The van der Waals surface area contributed by atoms with Crippen molar-refractivity contribution in [3.63, 3.8) is 0 Å². The lowest BCUT2D eigenvalue weighted by Crippen LogP contribution is -2.15. The summed E-state index contributed by atoms with van der Waals surface area (Å²) in [6.07, 6.45) is 3.53. The number of rotatable bonds is 2. The first kappa shape index (κ1) is 13.8. The van der Waals surface area contributed by atoms with Crippen molar-refractivity contribution < 1.29 is 0 Å². The second-order valence-corrected chi connectivity index (χ2v) is 6.30. The zero-order chi connectivity index (χ0) is 14.1. The molecule has 2 aromatic rings. The maximum Gasteiger partial charge on any atom is 0.143 e. The number of anilines is 1. The molecule has 1 aliphatic rings. The van der Waals surface area contributed by atoms with Crippen molar-refractivity contribution in [2.45, 2.75) is 32.1 Å². The second-order valence-electron chi connectivity index (χ2n) is 5.22. The first-order valence-electron chi connectivity index (χ1n) is 7.00. The monoisotopic (exact) mass is 379 g/mol. The van der Waals surface area contributed by atoms with E-state index in [-0.39, 0.29) is 0 Å². The minimum absolute atomic E-state index is 0.336. The quantitative estimate of drug-likeness (QED) is 0.805. The first-order chi connectivity index (χ1) is 9.70. The number of halogens is 1. The van der Waals surface area contributed by atoms with E-state index >= 15 is 0 Å². The van der Waals surface area contributed by atoms with Crippen LogP contribution in [0.2, 0.25) is 0 Å². The standard InChI is InChI=1S/C16H18IN3/c1-10-14(17)16(18-2)20-15(19-10)13-9-5-7-11-6-3-4-8-12(11)13/h3-4,6,8,13H,5,7,9H2,1-2H3,(H,18,19,20). The number of aryl methyl sites for hydroxylation is 2. The van der Waals surface area contributed by atoms with Gasteiger partial charge in [-0.2, -0.15) is 0 Å². The van der Waals surface area contributed by atoms with E-state index in [4.69, 9.17) is 9.97 Å². The van der Waals surface area contributed by atoms with Gasteiger partial charge in [0, 0.05) is 13.0 Å². The van der Waals surface area contributed by atoms with Crippen LogP contribution in [0.15, 0.2) is 24.3 Å². The molecule has 0 aliphatic heterocycles. The summed E-state index contributed by atoms with van der Waals surface area (Å²) in [5.41, 5.74) is 3.92. The van der Waals surface area contributed by atoms with Crippen LogP contribution in [0.5, 0.6) is 0 Å². The Hall–Kier alpha value is -1.17. The van der Waals surface area contributed by atoms with Crippen molar-refractivity contribution in [3.8, 4) is 0 Å². The summed E-state index contributed by atoms with van der Waals surface area (Å²) in [5, 5.41) is 3.18. The molecule has 4 heteroatoms. The Kier molecular flexibility index (Phi) is 3.92. The molecule has 1 aliphatic carbocycles. The van der Waals surface area contributed by atoms with Crippen LogP contribution < -0.4 is 5.32 Å². The summed E-state index contributed by atoms with van der Waals surface area (Å²) in [5.74, 6) is 2.23. The zero-order valence-corrected chi connectivity index (χ0v) is 13.9. The molecule has 0 radical (unpaired) electrons. The Balaban J connectivity index is 2.09. The summed E-state index contributed by atoms with van der Waals surface area (Å²) in [4.78, 5) is 9.49. The van der Waals surface area contributed by atoms with Crippen LogP contribution in [-0.4, -0.2) is 17.0 Å². The molecule has 0 bridgehead atoms. The molecule has 1 aromatic heterocycles. The van der Waals surface area contributed by atoms with E-state index in [1.54, 1.807) is 0 Å². The molecule has 1 atom stereocenters. The smallest absolute Gasteiger partial charge is 0.143 e. The molecule has 3 rings (SSSR count). The molecule has 0 saturated carbocycles. The van der Waals surface area contributed by atoms with Crippen molar-refractivity contribution in [2.24, 2.45) is 0 Å². The SMILES string of the molecule is CNc1nc(C2CCCc3ccccc32)nc(C)c1I. The minimum atomic E-state index is 0.336. The van der Waals surface area contributed by atoms with Crippen LogP contribution in [0.4, 0.5) is 5.82 Å². The van der Waals surface area contributed by atoms with Gasteiger partial charge in [-0.25, -0.2) is 9.97 Å². The predicted octanol–water partition coefficient (Wildman–Crippen LogP) is 3.90. The fourth-order valence-corrected chi connectivity index (χ4v) is 3.44. The van der Waals surface area contributed by atoms with Crippen LogP contribution in [0.1, 0.15) is 41.4 Å². The van der Waals surface area contributed by atoms with E-state index in [9.17, 15) is 0 Å². The van der Waals surface area contributed by atoms with Crippen LogP contribution in [0.25, 0.3) is 0 Å². The summed E-state index contributed by atoms with van der Waals surface area (Å²) >= 11 is 2.30. The fraction of sp³-hybridized carbons (Fsp3) is 0.375. The number of benzene rings is 1. The van der Waals surface area contributed by atoms with E-state index < -0.39 is 0 Å². The van der Waals surface area contributed by atoms with E-state index in [0.29, 0.717) is 5.92 Å². The van der Waals surface area contributed by atoms with Gasteiger partial charge in [-0.3, -0.25) is 0 Å². The Morgan fingerprint density at radius 2 is 2.05 bits per heavy atom. The largest absolute Gasteiger partial charge is 0.372 e. The molecule has 1 unspecified atom stereocenters. The van der Waals surface area contributed by atoms with Crippen molar-refractivity contribution in [1.82, 2.24) is 9.97 Å². The maximum atomic E-state index is 4.75. The molecular weight excluding hydrogens is 361 g/mol. The summed E-state index contributed by atoms with van der Waals surface area (Å²) < 4.78 is 1.11.